The third-order valence-electron chi connectivity index (χ3n) is 8.87. The van der Waals surface area contributed by atoms with Crippen LogP contribution in [0.25, 0.3) is 11.0 Å². The molecular formula is C34H44N4O5Si. The van der Waals surface area contributed by atoms with Crippen molar-refractivity contribution in [3.63, 3.8) is 0 Å². The highest BCUT2D eigenvalue weighted by Crippen LogP contribution is 2.40. The van der Waals surface area contributed by atoms with E-state index in [1.165, 1.54) is 7.11 Å². The Kier molecular flexibility index (Phi) is 9.31. The van der Waals surface area contributed by atoms with Gasteiger partial charge >= 0.3 is 5.97 Å². The van der Waals surface area contributed by atoms with Crippen molar-refractivity contribution in [2.24, 2.45) is 0 Å². The van der Waals surface area contributed by atoms with Crippen molar-refractivity contribution >= 4 is 31.1 Å². The summed E-state index contributed by atoms with van der Waals surface area (Å²) >= 11 is 0. The molecule has 44 heavy (non-hydrogen) atoms. The Labute approximate surface area is 261 Å². The predicted octanol–water partition coefficient (Wildman–Crippen LogP) is 7.81. The van der Waals surface area contributed by atoms with Crippen molar-refractivity contribution in [1.29, 1.82) is 0 Å². The minimum Gasteiger partial charge on any atom is -0.497 e. The first-order valence-corrected chi connectivity index (χ1v) is 18.2. The Hall–Kier alpha value is -3.89. The average molecular weight is 617 g/mol. The molecule has 0 spiro atoms. The largest absolute Gasteiger partial charge is 0.497 e. The lowest BCUT2D eigenvalue weighted by molar-refractivity contribution is 0.0600. The first kappa shape index (κ1) is 31.5. The van der Waals surface area contributed by atoms with Crippen LogP contribution in [-0.2, 0) is 15.7 Å². The number of methoxy groups -OCH3 is 2. The van der Waals surface area contributed by atoms with Gasteiger partial charge in [0.2, 0.25) is 0 Å². The minimum atomic E-state index is -1.82. The van der Waals surface area contributed by atoms with Crippen molar-refractivity contribution in [2.45, 2.75) is 83.3 Å². The van der Waals surface area contributed by atoms with Gasteiger partial charge < -0.3 is 24.0 Å². The van der Waals surface area contributed by atoms with Gasteiger partial charge in [0.15, 0.2) is 19.8 Å². The smallest absolute Gasteiger partial charge is 0.337 e. The van der Waals surface area contributed by atoms with E-state index in [2.05, 4.69) is 39.2 Å². The lowest BCUT2D eigenvalue weighted by Gasteiger charge is -2.41. The molecule has 0 radical (unpaired) electrons. The van der Waals surface area contributed by atoms with Gasteiger partial charge in [0.25, 0.3) is 0 Å². The summed E-state index contributed by atoms with van der Waals surface area (Å²) in [6.07, 6.45) is 6.06. The maximum atomic E-state index is 11.9. The molecule has 0 amide bonds. The van der Waals surface area contributed by atoms with Crippen molar-refractivity contribution in [3.05, 3.63) is 71.9 Å². The molecule has 0 saturated heterocycles. The van der Waals surface area contributed by atoms with Gasteiger partial charge in [-0.15, -0.1) is 0 Å². The number of benzene rings is 2. The number of pyridine rings is 1. The fourth-order valence-corrected chi connectivity index (χ4v) is 6.71. The number of carbonyl (C=O) groups excluding carboxylic acids is 1. The number of hydrogen-bond donors (Lipinski definition) is 1. The van der Waals surface area contributed by atoms with Crippen LogP contribution < -0.4 is 14.8 Å². The second-order valence-electron chi connectivity index (χ2n) is 13.0. The standard InChI is InChI=1S/C34H44N4O5Si/c1-34(2,3)44(6,7)43-28-18-12-25(13-19-28)36-31-30-29(42-27-16-10-24(11-17-27)33(39)41-5)20-21-35-32(30)38(37-31)22-23-8-14-26(40-4)15-9-23/h8-11,14-17,20-21,25,28H,12-13,18-19,22H2,1-7H3,(H,36,37). The Morgan fingerprint density at radius 1 is 0.955 bits per heavy atom. The first-order chi connectivity index (χ1) is 21.0. The summed E-state index contributed by atoms with van der Waals surface area (Å²) in [5.41, 5.74) is 2.26. The lowest BCUT2D eigenvalue weighted by atomic mass is 9.93. The van der Waals surface area contributed by atoms with Crippen LogP contribution in [0.1, 0.15) is 62.4 Å². The molecular weight excluding hydrogens is 572 g/mol. The minimum absolute atomic E-state index is 0.195. The summed E-state index contributed by atoms with van der Waals surface area (Å²) in [7, 11) is 1.21. The number of nitrogens with zero attached hydrogens (tertiary/aromatic N) is 3. The fraction of sp³-hybridized carbons (Fsp3) is 0.441. The zero-order chi connectivity index (χ0) is 31.5. The fourth-order valence-electron chi connectivity index (χ4n) is 5.29. The quantitative estimate of drug-likeness (QED) is 0.142. The van der Waals surface area contributed by atoms with Crippen molar-refractivity contribution in [2.75, 3.05) is 19.5 Å². The zero-order valence-corrected chi connectivity index (χ0v) is 27.8. The van der Waals surface area contributed by atoms with Crippen LogP contribution in [0, 0.1) is 0 Å². The summed E-state index contributed by atoms with van der Waals surface area (Å²) in [5, 5.41) is 9.78. The second kappa shape index (κ2) is 13.0. The second-order valence-corrected chi connectivity index (χ2v) is 17.7. The van der Waals surface area contributed by atoms with E-state index >= 15 is 0 Å². The summed E-state index contributed by atoms with van der Waals surface area (Å²) in [6, 6.07) is 17.0. The van der Waals surface area contributed by atoms with Gasteiger partial charge in [-0.2, -0.15) is 5.10 Å². The van der Waals surface area contributed by atoms with E-state index in [-0.39, 0.29) is 11.1 Å². The highest BCUT2D eigenvalue weighted by Gasteiger charge is 2.40. The number of esters is 1. The molecule has 1 fully saturated rings. The topological polar surface area (TPSA) is 96.7 Å². The Morgan fingerprint density at radius 2 is 1.61 bits per heavy atom. The van der Waals surface area contributed by atoms with Crippen molar-refractivity contribution in [3.8, 4) is 17.2 Å². The van der Waals surface area contributed by atoms with Crippen LogP contribution in [0.5, 0.6) is 17.2 Å². The van der Waals surface area contributed by atoms with Gasteiger partial charge in [-0.1, -0.05) is 32.9 Å². The zero-order valence-electron chi connectivity index (χ0n) is 26.8. The molecule has 9 nitrogen and oxygen atoms in total. The molecule has 0 unspecified atom stereocenters. The van der Waals surface area contributed by atoms with E-state index in [9.17, 15) is 4.79 Å². The summed E-state index contributed by atoms with van der Waals surface area (Å²) < 4.78 is 25.2. The van der Waals surface area contributed by atoms with Gasteiger partial charge in [0, 0.05) is 24.4 Å². The molecule has 2 aromatic heterocycles. The van der Waals surface area contributed by atoms with Crippen LogP contribution in [0.15, 0.2) is 60.8 Å². The van der Waals surface area contributed by atoms with Gasteiger partial charge in [-0.25, -0.2) is 14.5 Å². The third kappa shape index (κ3) is 7.08. The van der Waals surface area contributed by atoms with E-state index < -0.39 is 14.3 Å². The maximum Gasteiger partial charge on any atom is 0.337 e. The molecule has 0 bridgehead atoms. The molecule has 5 rings (SSSR count). The summed E-state index contributed by atoms with van der Waals surface area (Å²) in [5.74, 6) is 2.40. The lowest BCUT2D eigenvalue weighted by Crippen LogP contribution is -2.45. The molecule has 2 aromatic carbocycles. The molecule has 1 aliphatic rings. The van der Waals surface area contributed by atoms with Crippen LogP contribution in [-0.4, -0.2) is 55.4 Å². The number of aromatic nitrogens is 3. The number of anilines is 1. The third-order valence-corrected chi connectivity index (χ3v) is 13.4. The van der Waals surface area contributed by atoms with Crippen molar-refractivity contribution in [1.82, 2.24) is 14.8 Å². The first-order valence-electron chi connectivity index (χ1n) is 15.3. The van der Waals surface area contributed by atoms with Gasteiger partial charge in [-0.3, -0.25) is 0 Å². The Bertz CT molecular complexity index is 1570. The molecule has 1 aliphatic carbocycles. The predicted molar refractivity (Wildman–Crippen MR) is 175 cm³/mol. The number of ether oxygens (including phenoxy) is 3. The maximum absolute atomic E-state index is 11.9. The van der Waals surface area contributed by atoms with Crippen LogP contribution in [0.2, 0.25) is 18.1 Å². The van der Waals surface area contributed by atoms with Gasteiger partial charge in [0.1, 0.15) is 22.6 Å². The molecule has 2 heterocycles. The molecule has 4 aromatic rings. The van der Waals surface area contributed by atoms with E-state index in [1.807, 2.05) is 35.0 Å². The van der Waals surface area contributed by atoms with E-state index in [1.54, 1.807) is 37.6 Å². The highest BCUT2D eigenvalue weighted by atomic mass is 28.4. The number of carbonyl (C=O) groups is 1. The van der Waals surface area contributed by atoms with E-state index in [0.29, 0.717) is 29.7 Å². The molecule has 10 heteroatoms. The number of hydrogen-bond acceptors (Lipinski definition) is 8. The highest BCUT2D eigenvalue weighted by molar-refractivity contribution is 6.74. The molecule has 1 saturated carbocycles. The Morgan fingerprint density at radius 3 is 2.23 bits per heavy atom. The Balaban J connectivity index is 1.41. The SMILES string of the molecule is COC(=O)c1ccc(Oc2ccnc3c2c(NC2CCC(O[Si](C)(C)C(C)(C)C)CC2)nn3Cc2ccc(OC)cc2)cc1. The summed E-state index contributed by atoms with van der Waals surface area (Å²) in [6.45, 7) is 12.1. The number of nitrogens with one attached hydrogen (secondary N) is 1. The molecule has 0 aliphatic heterocycles. The summed E-state index contributed by atoms with van der Waals surface area (Å²) in [4.78, 5) is 16.6. The van der Waals surface area contributed by atoms with Gasteiger partial charge in [-0.05, 0) is 85.8 Å². The van der Waals surface area contributed by atoms with Gasteiger partial charge in [0.05, 0.1) is 26.3 Å². The molecule has 234 valence electrons. The van der Waals surface area contributed by atoms with Crippen molar-refractivity contribution < 1.29 is 23.4 Å². The van der Waals surface area contributed by atoms with Crippen LogP contribution in [0.3, 0.4) is 0 Å². The van der Waals surface area contributed by atoms with E-state index in [4.69, 9.17) is 28.7 Å². The van der Waals surface area contributed by atoms with Crippen LogP contribution in [0.4, 0.5) is 5.82 Å². The average Bonchev–Trinajstić information content (AvgIpc) is 3.35. The number of rotatable bonds is 10. The number of fused-ring (bicyclic) bond motifs is 1. The normalized spacial score (nSPS) is 17.3. The molecule has 1 N–H and O–H groups in total. The monoisotopic (exact) mass is 616 g/mol. The molecule has 0 atom stereocenters. The van der Waals surface area contributed by atoms with Crippen LogP contribution >= 0.6 is 0 Å². The van der Waals surface area contributed by atoms with E-state index in [0.717, 1.165) is 53.8 Å².